The first-order valence-corrected chi connectivity index (χ1v) is 3.20. The molecule has 0 unspecified atom stereocenters. The van der Waals surface area contributed by atoms with Crippen LogP contribution in [0.15, 0.2) is 0 Å². The molecule has 0 N–H and O–H groups in total. The zero-order chi connectivity index (χ0) is 8.59. The van der Waals surface area contributed by atoms with Gasteiger partial charge in [-0.25, -0.2) is 13.2 Å². The minimum atomic E-state index is -1.30. The Morgan fingerprint density at radius 3 is 1.64 bits per heavy atom. The number of hydrogen-bond acceptors (Lipinski definition) is 0. The molecule has 60 valence electrons. The van der Waals surface area contributed by atoms with Crippen LogP contribution in [0.5, 0.6) is 0 Å². The molecule has 0 spiro atoms. The van der Waals surface area contributed by atoms with E-state index < -0.39 is 27.5 Å². The largest absolute Gasteiger partial charge is 0.234 e. The van der Waals surface area contributed by atoms with Crippen LogP contribution < -0.4 is 0 Å². The lowest BCUT2D eigenvalue weighted by atomic mass is 10.3. The minimum Gasteiger partial charge on any atom is -0.234 e. The van der Waals surface area contributed by atoms with Crippen molar-refractivity contribution in [1.82, 2.24) is 0 Å². The summed E-state index contributed by atoms with van der Waals surface area (Å²) < 4.78 is 37.1. The Balaban J connectivity index is 3.46. The van der Waals surface area contributed by atoms with Crippen LogP contribution in [0.25, 0.3) is 0 Å². The lowest BCUT2D eigenvalue weighted by Gasteiger charge is -2.08. The molecule has 5 heteroatoms. The van der Waals surface area contributed by atoms with Gasteiger partial charge in [0.1, 0.15) is 0 Å². The normalized spacial score (nSPS) is 10.3. The van der Waals surface area contributed by atoms with Gasteiger partial charge in [0.15, 0.2) is 0 Å². The molecule has 0 amide bonds. The van der Waals surface area contributed by atoms with Crippen molar-refractivity contribution < 1.29 is 13.2 Å². The molecule has 0 aliphatic carbocycles. The molecule has 1 aromatic rings. The van der Waals surface area contributed by atoms with Crippen molar-refractivity contribution in [1.29, 1.82) is 0 Å². The maximum absolute atomic E-state index is 12.5. The van der Waals surface area contributed by atoms with Gasteiger partial charge in [0.2, 0.25) is 0 Å². The van der Waals surface area contributed by atoms with Gasteiger partial charge in [-0.1, -0.05) is 0 Å². The van der Waals surface area contributed by atoms with Crippen LogP contribution in [0.3, 0.4) is 0 Å². The van der Waals surface area contributed by atoms with Crippen molar-refractivity contribution in [2.45, 2.75) is 0 Å². The van der Waals surface area contributed by atoms with Crippen molar-refractivity contribution in [3.8, 4) is 0 Å². The third-order valence-corrected chi connectivity index (χ3v) is 1.65. The molecule has 1 aromatic carbocycles. The quantitative estimate of drug-likeness (QED) is 0.342. The lowest BCUT2D eigenvalue weighted by molar-refractivity contribution is 0.542. The Morgan fingerprint density at radius 2 is 1.27 bits per heavy atom. The topological polar surface area (TPSA) is 0 Å². The molecule has 0 radical (unpaired) electrons. The summed E-state index contributed by atoms with van der Waals surface area (Å²) in [4.78, 5) is 0. The summed E-state index contributed by atoms with van der Waals surface area (Å²) in [6.07, 6.45) is 0. The van der Waals surface area contributed by atoms with Crippen LogP contribution in [0.4, 0.5) is 13.2 Å². The molecular weight excluding hydrogens is 200 g/mol. The SMILES string of the molecule is Fc1[c-]c(F)c(Cl)c(F)c1Cl. The van der Waals surface area contributed by atoms with E-state index >= 15 is 0 Å². The Hall–Kier alpha value is -0.410. The molecule has 0 aliphatic heterocycles. The van der Waals surface area contributed by atoms with E-state index in [1.54, 1.807) is 0 Å². The highest BCUT2D eigenvalue weighted by Crippen LogP contribution is 2.27. The number of benzene rings is 1. The van der Waals surface area contributed by atoms with Gasteiger partial charge >= 0.3 is 0 Å². The molecule has 0 heterocycles. The molecule has 0 aromatic heterocycles. The highest BCUT2D eigenvalue weighted by Gasteiger charge is 2.04. The van der Waals surface area contributed by atoms with E-state index in [2.05, 4.69) is 0 Å². The molecule has 1 rings (SSSR count). The van der Waals surface area contributed by atoms with Crippen LogP contribution in [0, 0.1) is 23.5 Å². The Bertz CT molecular complexity index is 272. The Kier molecular flexibility index (Phi) is 2.30. The third kappa shape index (κ3) is 1.44. The van der Waals surface area contributed by atoms with Gasteiger partial charge in [0.25, 0.3) is 0 Å². The first-order chi connectivity index (χ1) is 5.04. The first kappa shape index (κ1) is 8.68. The predicted molar refractivity (Wildman–Crippen MR) is 35.2 cm³/mol. The fraction of sp³-hybridized carbons (Fsp3) is 0. The molecule has 0 bridgehead atoms. The lowest BCUT2D eigenvalue weighted by Crippen LogP contribution is -1.89. The molecule has 0 aliphatic rings. The Morgan fingerprint density at radius 1 is 0.909 bits per heavy atom. The second kappa shape index (κ2) is 2.91. The van der Waals surface area contributed by atoms with E-state index in [0.717, 1.165) is 0 Å². The number of halogens is 5. The van der Waals surface area contributed by atoms with Crippen molar-refractivity contribution in [2.75, 3.05) is 0 Å². The average Bonchev–Trinajstić information content (AvgIpc) is 1.97. The highest BCUT2D eigenvalue weighted by atomic mass is 35.5. The maximum Gasteiger partial charge on any atom is 0.0566 e. The van der Waals surface area contributed by atoms with E-state index in [1.165, 1.54) is 6.07 Å². The predicted octanol–water partition coefficient (Wildman–Crippen LogP) is 3.21. The Labute approximate surface area is 70.5 Å². The van der Waals surface area contributed by atoms with Crippen LogP contribution in [0.1, 0.15) is 0 Å². The van der Waals surface area contributed by atoms with E-state index in [9.17, 15) is 13.2 Å². The van der Waals surface area contributed by atoms with Gasteiger partial charge in [-0.15, -0.1) is 6.07 Å². The van der Waals surface area contributed by atoms with Crippen LogP contribution in [-0.2, 0) is 0 Å². The van der Waals surface area contributed by atoms with Gasteiger partial charge < -0.3 is 0 Å². The zero-order valence-electron chi connectivity index (χ0n) is 4.89. The summed E-state index contributed by atoms with van der Waals surface area (Å²) in [6.45, 7) is 0. The molecule has 0 saturated carbocycles. The standard InChI is InChI=1S/C6Cl2F3/c7-4-2(9)1-3(10)5(8)6(4)11/q-1. The third-order valence-electron chi connectivity index (χ3n) is 0.990. The monoisotopic (exact) mass is 199 g/mol. The van der Waals surface area contributed by atoms with E-state index in [-0.39, 0.29) is 0 Å². The van der Waals surface area contributed by atoms with Crippen molar-refractivity contribution in [2.24, 2.45) is 0 Å². The fourth-order valence-corrected chi connectivity index (χ4v) is 0.827. The molecule has 0 fully saturated rings. The van der Waals surface area contributed by atoms with Crippen LogP contribution in [-0.4, -0.2) is 0 Å². The summed E-state index contributed by atoms with van der Waals surface area (Å²) >= 11 is 10.0. The summed E-state index contributed by atoms with van der Waals surface area (Å²) in [7, 11) is 0. The van der Waals surface area contributed by atoms with Gasteiger partial charge in [-0.05, 0) is 0 Å². The number of hydrogen-bond donors (Lipinski definition) is 0. The zero-order valence-corrected chi connectivity index (χ0v) is 6.40. The van der Waals surface area contributed by atoms with Gasteiger partial charge in [0.05, 0.1) is 5.82 Å². The maximum atomic E-state index is 12.5. The minimum absolute atomic E-state index is 0.851. The smallest absolute Gasteiger partial charge is 0.0566 e. The molecule has 0 saturated heterocycles. The summed E-state index contributed by atoms with van der Waals surface area (Å²) in [5.41, 5.74) is 0. The molecule has 0 atom stereocenters. The average molecular weight is 200 g/mol. The van der Waals surface area contributed by atoms with E-state index in [4.69, 9.17) is 23.2 Å². The first-order valence-electron chi connectivity index (χ1n) is 2.44. The molecular formula is C6Cl2F3-. The van der Waals surface area contributed by atoms with Crippen LogP contribution in [0.2, 0.25) is 10.0 Å². The summed E-state index contributed by atoms with van der Waals surface area (Å²) in [5.74, 6) is -3.88. The van der Waals surface area contributed by atoms with E-state index in [0.29, 0.717) is 0 Å². The van der Waals surface area contributed by atoms with Crippen molar-refractivity contribution in [3.05, 3.63) is 33.6 Å². The van der Waals surface area contributed by atoms with Gasteiger partial charge in [-0.3, -0.25) is 0 Å². The van der Waals surface area contributed by atoms with Crippen molar-refractivity contribution in [3.63, 3.8) is 0 Å². The van der Waals surface area contributed by atoms with Gasteiger partial charge in [-0.2, -0.15) is 23.2 Å². The fourth-order valence-electron chi connectivity index (χ4n) is 0.495. The number of rotatable bonds is 0. The van der Waals surface area contributed by atoms with Gasteiger partial charge in [0, 0.05) is 21.7 Å². The van der Waals surface area contributed by atoms with Crippen LogP contribution >= 0.6 is 23.2 Å². The van der Waals surface area contributed by atoms with Crippen molar-refractivity contribution >= 4 is 23.2 Å². The molecule has 11 heavy (non-hydrogen) atoms. The summed E-state index contributed by atoms with van der Waals surface area (Å²) in [6, 6.07) is 1.51. The molecule has 0 nitrogen and oxygen atoms in total. The summed E-state index contributed by atoms with van der Waals surface area (Å²) in [5, 5.41) is -1.70. The second-order valence-electron chi connectivity index (χ2n) is 1.69. The van der Waals surface area contributed by atoms with E-state index in [1.807, 2.05) is 0 Å². The second-order valence-corrected chi connectivity index (χ2v) is 2.45. The highest BCUT2D eigenvalue weighted by molar-refractivity contribution is 6.35.